The fraction of sp³-hybridized carbons (Fsp3) is 0.588. The fourth-order valence-electron chi connectivity index (χ4n) is 3.26. The van der Waals surface area contributed by atoms with Crippen molar-refractivity contribution in [3.8, 4) is 0 Å². The molecule has 1 fully saturated rings. The van der Waals surface area contributed by atoms with E-state index in [2.05, 4.69) is 31.0 Å². The second-order valence-corrected chi connectivity index (χ2v) is 6.20. The summed E-state index contributed by atoms with van der Waals surface area (Å²) in [5, 5.41) is 0. The Bertz CT molecular complexity index is 521. The number of aryl methyl sites for hydroxylation is 2. The molecule has 0 spiro atoms. The zero-order valence-electron chi connectivity index (χ0n) is 12.1. The van der Waals surface area contributed by atoms with E-state index in [4.69, 9.17) is 4.98 Å². The molecule has 0 aliphatic heterocycles. The van der Waals surface area contributed by atoms with E-state index in [0.29, 0.717) is 0 Å². The molecule has 0 saturated heterocycles. The van der Waals surface area contributed by atoms with E-state index in [1.807, 2.05) is 0 Å². The molecule has 102 valence electrons. The maximum Gasteiger partial charge on any atom is 0.107 e. The molecule has 0 radical (unpaired) electrons. The molecule has 2 aromatic rings. The van der Waals surface area contributed by atoms with E-state index in [9.17, 15) is 0 Å². The lowest BCUT2D eigenvalue weighted by molar-refractivity contribution is 0.450. The molecule has 2 heteroatoms. The minimum absolute atomic E-state index is 0.838. The van der Waals surface area contributed by atoms with Crippen LogP contribution in [0.3, 0.4) is 0 Å². The highest BCUT2D eigenvalue weighted by Crippen LogP contribution is 2.26. The summed E-state index contributed by atoms with van der Waals surface area (Å²) in [6.07, 6.45) is 9.56. The average Bonchev–Trinajstić information content (AvgIpc) is 2.60. The van der Waals surface area contributed by atoms with Gasteiger partial charge in [-0.05, 0) is 43.0 Å². The first-order chi connectivity index (χ1) is 9.22. The maximum absolute atomic E-state index is 4.78. The number of hydrogen-bond donors (Lipinski definition) is 1. The highest BCUT2D eigenvalue weighted by Gasteiger charge is 2.15. The predicted molar refractivity (Wildman–Crippen MR) is 80.5 cm³/mol. The number of fused-ring (bicyclic) bond motifs is 1. The fourth-order valence-corrected chi connectivity index (χ4v) is 3.26. The van der Waals surface area contributed by atoms with Crippen molar-refractivity contribution in [3.05, 3.63) is 29.1 Å². The number of aromatic amines is 1. The molecule has 1 aliphatic carbocycles. The van der Waals surface area contributed by atoms with E-state index in [1.54, 1.807) is 0 Å². The van der Waals surface area contributed by atoms with Crippen LogP contribution in [0.4, 0.5) is 0 Å². The molecule has 1 heterocycles. The van der Waals surface area contributed by atoms with E-state index in [1.165, 1.54) is 61.0 Å². The van der Waals surface area contributed by atoms with Gasteiger partial charge in [0.25, 0.3) is 0 Å². The van der Waals surface area contributed by atoms with Crippen molar-refractivity contribution in [1.29, 1.82) is 0 Å². The van der Waals surface area contributed by atoms with Gasteiger partial charge in [-0.2, -0.15) is 0 Å². The van der Waals surface area contributed by atoms with E-state index in [0.717, 1.165) is 17.9 Å². The van der Waals surface area contributed by atoms with Crippen molar-refractivity contribution in [2.75, 3.05) is 0 Å². The van der Waals surface area contributed by atoms with Crippen molar-refractivity contribution < 1.29 is 0 Å². The Hall–Kier alpha value is -1.31. The van der Waals surface area contributed by atoms with Crippen LogP contribution < -0.4 is 0 Å². The topological polar surface area (TPSA) is 28.7 Å². The van der Waals surface area contributed by atoms with Crippen molar-refractivity contribution in [2.45, 2.75) is 58.8 Å². The van der Waals surface area contributed by atoms with Crippen LogP contribution in [-0.4, -0.2) is 9.97 Å². The smallest absolute Gasteiger partial charge is 0.107 e. The molecule has 19 heavy (non-hydrogen) atoms. The standard InChI is InChI=1S/C17H24N2/c1-12-9-15-16(10-13(12)2)19-17(18-15)11-14-7-5-3-4-6-8-14/h9-10,14H,3-8,11H2,1-2H3,(H,18,19). The lowest BCUT2D eigenvalue weighted by Crippen LogP contribution is -2.04. The number of nitrogens with one attached hydrogen (secondary N) is 1. The summed E-state index contributed by atoms with van der Waals surface area (Å²) < 4.78 is 0. The molecule has 3 rings (SSSR count). The normalized spacial score (nSPS) is 17.8. The Kier molecular flexibility index (Phi) is 3.58. The van der Waals surface area contributed by atoms with Crippen LogP contribution in [0.2, 0.25) is 0 Å². The Morgan fingerprint density at radius 3 is 2.47 bits per heavy atom. The Morgan fingerprint density at radius 2 is 1.74 bits per heavy atom. The van der Waals surface area contributed by atoms with Gasteiger partial charge in [0.15, 0.2) is 0 Å². The first-order valence-electron chi connectivity index (χ1n) is 7.68. The van der Waals surface area contributed by atoms with Crippen molar-refractivity contribution in [1.82, 2.24) is 9.97 Å². The van der Waals surface area contributed by atoms with Crippen LogP contribution in [-0.2, 0) is 6.42 Å². The number of nitrogens with zero attached hydrogens (tertiary/aromatic N) is 1. The quantitative estimate of drug-likeness (QED) is 0.776. The molecule has 2 nitrogen and oxygen atoms in total. The minimum atomic E-state index is 0.838. The first kappa shape index (κ1) is 12.7. The molecule has 1 N–H and O–H groups in total. The van der Waals surface area contributed by atoms with Crippen molar-refractivity contribution >= 4 is 11.0 Å². The van der Waals surface area contributed by atoms with E-state index < -0.39 is 0 Å². The van der Waals surface area contributed by atoms with Gasteiger partial charge in [0, 0.05) is 6.42 Å². The molecular formula is C17H24N2. The predicted octanol–water partition coefficient (Wildman–Crippen LogP) is 4.69. The number of aromatic nitrogens is 2. The molecule has 0 bridgehead atoms. The Balaban J connectivity index is 1.80. The highest BCUT2D eigenvalue weighted by molar-refractivity contribution is 5.77. The summed E-state index contributed by atoms with van der Waals surface area (Å²) in [6.45, 7) is 4.33. The van der Waals surface area contributed by atoms with Crippen LogP contribution in [0.15, 0.2) is 12.1 Å². The third-order valence-corrected chi connectivity index (χ3v) is 4.60. The molecule has 0 amide bonds. The van der Waals surface area contributed by atoms with Gasteiger partial charge in [-0.1, -0.05) is 38.5 Å². The molecule has 1 saturated carbocycles. The van der Waals surface area contributed by atoms with Gasteiger partial charge in [-0.15, -0.1) is 0 Å². The average molecular weight is 256 g/mol. The zero-order chi connectivity index (χ0) is 13.2. The third kappa shape index (κ3) is 2.83. The molecule has 1 aromatic heterocycles. The van der Waals surface area contributed by atoms with Crippen molar-refractivity contribution in [2.24, 2.45) is 5.92 Å². The number of rotatable bonds is 2. The summed E-state index contributed by atoms with van der Waals surface area (Å²) in [7, 11) is 0. The second kappa shape index (κ2) is 5.36. The Morgan fingerprint density at radius 1 is 1.05 bits per heavy atom. The van der Waals surface area contributed by atoms with Gasteiger partial charge in [-0.3, -0.25) is 0 Å². The number of benzene rings is 1. The summed E-state index contributed by atoms with van der Waals surface area (Å²) in [4.78, 5) is 8.30. The largest absolute Gasteiger partial charge is 0.342 e. The summed E-state index contributed by atoms with van der Waals surface area (Å²) in [6, 6.07) is 4.44. The summed E-state index contributed by atoms with van der Waals surface area (Å²) in [5.74, 6) is 2.03. The van der Waals surface area contributed by atoms with Gasteiger partial charge in [0.2, 0.25) is 0 Å². The number of imidazole rings is 1. The van der Waals surface area contributed by atoms with Gasteiger partial charge in [-0.25, -0.2) is 4.98 Å². The van der Waals surface area contributed by atoms with Gasteiger partial charge in [0.1, 0.15) is 5.82 Å². The third-order valence-electron chi connectivity index (χ3n) is 4.60. The highest BCUT2D eigenvalue weighted by atomic mass is 14.9. The second-order valence-electron chi connectivity index (χ2n) is 6.20. The van der Waals surface area contributed by atoms with Crippen LogP contribution >= 0.6 is 0 Å². The van der Waals surface area contributed by atoms with Gasteiger partial charge in [0.05, 0.1) is 11.0 Å². The maximum atomic E-state index is 4.78. The Labute approximate surface area is 115 Å². The SMILES string of the molecule is Cc1cc2nc(CC3CCCCCC3)[nH]c2cc1C. The lowest BCUT2D eigenvalue weighted by Gasteiger charge is -2.11. The summed E-state index contributed by atoms with van der Waals surface area (Å²) >= 11 is 0. The molecule has 0 unspecified atom stereocenters. The number of H-pyrrole nitrogens is 1. The molecule has 0 atom stereocenters. The lowest BCUT2D eigenvalue weighted by atomic mass is 9.96. The van der Waals surface area contributed by atoms with E-state index in [-0.39, 0.29) is 0 Å². The van der Waals surface area contributed by atoms with Crippen molar-refractivity contribution in [3.63, 3.8) is 0 Å². The monoisotopic (exact) mass is 256 g/mol. The molecule has 1 aromatic carbocycles. The summed E-state index contributed by atoms with van der Waals surface area (Å²) in [5.41, 5.74) is 5.01. The van der Waals surface area contributed by atoms with Gasteiger partial charge >= 0.3 is 0 Å². The van der Waals surface area contributed by atoms with Crippen LogP contribution in [0.25, 0.3) is 11.0 Å². The molecular weight excluding hydrogens is 232 g/mol. The minimum Gasteiger partial charge on any atom is -0.342 e. The van der Waals surface area contributed by atoms with Crippen LogP contribution in [0, 0.1) is 19.8 Å². The van der Waals surface area contributed by atoms with Crippen LogP contribution in [0.5, 0.6) is 0 Å². The van der Waals surface area contributed by atoms with E-state index >= 15 is 0 Å². The molecule has 1 aliphatic rings. The van der Waals surface area contributed by atoms with Crippen LogP contribution in [0.1, 0.15) is 55.5 Å². The van der Waals surface area contributed by atoms with Gasteiger partial charge < -0.3 is 4.98 Å². The number of hydrogen-bond acceptors (Lipinski definition) is 1. The first-order valence-corrected chi connectivity index (χ1v) is 7.68. The zero-order valence-corrected chi connectivity index (χ0v) is 12.1.